The molecular formula is C7H15Cl2NO2. The summed E-state index contributed by atoms with van der Waals surface area (Å²) in [7, 11) is 0. The molecule has 0 bridgehead atoms. The summed E-state index contributed by atoms with van der Waals surface area (Å²) in [6.45, 7) is 3.62. The number of carboxylic acids is 1. The lowest BCUT2D eigenvalue weighted by Gasteiger charge is -2.11. The summed E-state index contributed by atoms with van der Waals surface area (Å²) in [5.74, 6) is -0.513. The summed E-state index contributed by atoms with van der Waals surface area (Å²) in [4.78, 5) is 10.5. The van der Waals surface area contributed by atoms with Gasteiger partial charge in [0.05, 0.1) is 5.92 Å². The third-order valence-electron chi connectivity index (χ3n) is 2.20. The molecule has 0 aromatic carbocycles. The van der Waals surface area contributed by atoms with Crippen molar-refractivity contribution in [2.75, 3.05) is 13.1 Å². The van der Waals surface area contributed by atoms with E-state index in [0.29, 0.717) is 5.92 Å². The first-order chi connectivity index (χ1) is 4.72. The number of nitrogens with one attached hydrogen (secondary N) is 1. The van der Waals surface area contributed by atoms with Crippen LogP contribution in [-0.4, -0.2) is 24.2 Å². The van der Waals surface area contributed by atoms with Crippen LogP contribution in [0.1, 0.15) is 13.3 Å². The molecule has 12 heavy (non-hydrogen) atoms. The highest BCUT2D eigenvalue weighted by Gasteiger charge is 2.25. The Labute approximate surface area is 84.7 Å². The number of carbonyl (C=O) groups is 1. The average molecular weight is 216 g/mol. The molecule has 0 amide bonds. The monoisotopic (exact) mass is 215 g/mol. The maximum Gasteiger partial charge on any atom is 0.306 e. The van der Waals surface area contributed by atoms with Crippen molar-refractivity contribution in [3.63, 3.8) is 0 Å². The third-order valence-corrected chi connectivity index (χ3v) is 2.20. The smallest absolute Gasteiger partial charge is 0.306 e. The zero-order valence-electron chi connectivity index (χ0n) is 6.95. The van der Waals surface area contributed by atoms with E-state index in [2.05, 4.69) is 5.32 Å². The minimum absolute atomic E-state index is 0. The van der Waals surface area contributed by atoms with E-state index in [-0.39, 0.29) is 30.7 Å². The minimum Gasteiger partial charge on any atom is -0.481 e. The van der Waals surface area contributed by atoms with Crippen LogP contribution in [0.15, 0.2) is 0 Å². The van der Waals surface area contributed by atoms with Crippen LogP contribution in [0.4, 0.5) is 0 Å². The Morgan fingerprint density at radius 1 is 1.58 bits per heavy atom. The zero-order valence-corrected chi connectivity index (χ0v) is 8.58. The Hall–Kier alpha value is 0.01000. The van der Waals surface area contributed by atoms with Crippen LogP contribution in [0.2, 0.25) is 0 Å². The molecule has 1 rings (SSSR count). The van der Waals surface area contributed by atoms with Crippen molar-refractivity contribution in [1.29, 1.82) is 0 Å². The maximum atomic E-state index is 10.5. The highest BCUT2D eigenvalue weighted by molar-refractivity contribution is 5.85. The minimum atomic E-state index is -0.672. The first-order valence-electron chi connectivity index (χ1n) is 3.65. The lowest BCUT2D eigenvalue weighted by molar-refractivity contribution is -0.142. The van der Waals surface area contributed by atoms with Gasteiger partial charge in [-0.3, -0.25) is 4.79 Å². The summed E-state index contributed by atoms with van der Waals surface area (Å²) < 4.78 is 0. The molecule has 2 N–H and O–H groups in total. The fourth-order valence-corrected chi connectivity index (χ4v) is 1.31. The molecule has 2 atom stereocenters. The van der Waals surface area contributed by atoms with Crippen LogP contribution in [0.3, 0.4) is 0 Å². The fourth-order valence-electron chi connectivity index (χ4n) is 1.31. The van der Waals surface area contributed by atoms with Crippen molar-refractivity contribution < 1.29 is 9.90 Å². The molecular weight excluding hydrogens is 201 g/mol. The van der Waals surface area contributed by atoms with Gasteiger partial charge in [-0.2, -0.15) is 0 Å². The van der Waals surface area contributed by atoms with Gasteiger partial charge in [0.1, 0.15) is 0 Å². The van der Waals surface area contributed by atoms with Crippen LogP contribution >= 0.6 is 24.8 Å². The van der Waals surface area contributed by atoms with E-state index in [4.69, 9.17) is 5.11 Å². The van der Waals surface area contributed by atoms with E-state index in [1.165, 1.54) is 0 Å². The first-order valence-corrected chi connectivity index (χ1v) is 3.65. The summed E-state index contributed by atoms with van der Waals surface area (Å²) >= 11 is 0. The quantitative estimate of drug-likeness (QED) is 0.728. The summed E-state index contributed by atoms with van der Waals surface area (Å²) in [5, 5.41) is 11.8. The molecule has 0 radical (unpaired) electrons. The Kier molecular flexibility index (Phi) is 7.89. The van der Waals surface area contributed by atoms with Crippen molar-refractivity contribution in [3.8, 4) is 0 Å². The van der Waals surface area contributed by atoms with E-state index < -0.39 is 5.97 Å². The predicted octanol–water partition coefficient (Wildman–Crippen LogP) is 1.16. The van der Waals surface area contributed by atoms with Gasteiger partial charge in [0.15, 0.2) is 0 Å². The third kappa shape index (κ3) is 3.61. The fraction of sp³-hybridized carbons (Fsp3) is 0.857. The van der Waals surface area contributed by atoms with E-state index in [0.717, 1.165) is 19.5 Å². The van der Waals surface area contributed by atoms with Crippen molar-refractivity contribution in [2.45, 2.75) is 13.3 Å². The molecule has 0 aliphatic carbocycles. The number of hydrogen-bond donors (Lipinski definition) is 2. The van der Waals surface area contributed by atoms with Gasteiger partial charge in [-0.25, -0.2) is 0 Å². The summed E-state index contributed by atoms with van der Waals surface area (Å²) in [5.41, 5.74) is 0. The Balaban J connectivity index is 0. The number of rotatable bonds is 2. The standard InChI is InChI=1S/C7H13NO2.2ClH/c1-5(7(9)10)6-2-3-8-4-6;;/h5-6,8H,2-4H2,1H3,(H,9,10);2*1H/t5?,6-;;/m0../s1. The van der Waals surface area contributed by atoms with Gasteiger partial charge in [-0.15, -0.1) is 24.8 Å². The lowest BCUT2D eigenvalue weighted by Crippen LogP contribution is -2.22. The van der Waals surface area contributed by atoms with Crippen molar-refractivity contribution in [3.05, 3.63) is 0 Å². The number of carboxylic acid groups (broad SMARTS) is 1. The second-order valence-corrected chi connectivity index (χ2v) is 2.88. The van der Waals surface area contributed by atoms with Gasteiger partial charge in [0.2, 0.25) is 0 Å². The second-order valence-electron chi connectivity index (χ2n) is 2.88. The zero-order chi connectivity index (χ0) is 7.56. The van der Waals surface area contributed by atoms with Crippen LogP contribution in [-0.2, 0) is 4.79 Å². The SMILES string of the molecule is CC(C(=O)O)[C@H]1CCNC1.Cl.Cl. The maximum absolute atomic E-state index is 10.5. The Morgan fingerprint density at radius 2 is 2.17 bits per heavy atom. The van der Waals surface area contributed by atoms with E-state index in [9.17, 15) is 4.79 Å². The highest BCUT2D eigenvalue weighted by atomic mass is 35.5. The van der Waals surface area contributed by atoms with E-state index in [1.807, 2.05) is 0 Å². The summed E-state index contributed by atoms with van der Waals surface area (Å²) in [6.07, 6.45) is 1.01. The molecule has 0 saturated carbocycles. The van der Waals surface area contributed by atoms with Gasteiger partial charge in [-0.1, -0.05) is 6.92 Å². The second kappa shape index (κ2) is 6.52. The van der Waals surface area contributed by atoms with Crippen molar-refractivity contribution in [1.82, 2.24) is 5.32 Å². The highest BCUT2D eigenvalue weighted by Crippen LogP contribution is 2.18. The number of halogens is 2. The molecule has 1 fully saturated rings. The Bertz CT molecular complexity index is 137. The lowest BCUT2D eigenvalue weighted by atomic mass is 9.94. The van der Waals surface area contributed by atoms with Crippen LogP contribution in [0.25, 0.3) is 0 Å². The van der Waals surface area contributed by atoms with Gasteiger partial charge >= 0.3 is 5.97 Å². The molecule has 3 nitrogen and oxygen atoms in total. The molecule has 1 heterocycles. The molecule has 1 saturated heterocycles. The normalized spacial score (nSPS) is 23.6. The number of aliphatic carboxylic acids is 1. The molecule has 0 aromatic rings. The largest absolute Gasteiger partial charge is 0.481 e. The Morgan fingerprint density at radius 3 is 2.50 bits per heavy atom. The number of hydrogen-bond acceptors (Lipinski definition) is 2. The van der Waals surface area contributed by atoms with Crippen LogP contribution < -0.4 is 5.32 Å². The van der Waals surface area contributed by atoms with E-state index in [1.54, 1.807) is 6.92 Å². The van der Waals surface area contributed by atoms with Crippen LogP contribution in [0.5, 0.6) is 0 Å². The molecule has 0 spiro atoms. The van der Waals surface area contributed by atoms with Gasteiger partial charge in [-0.05, 0) is 25.4 Å². The summed E-state index contributed by atoms with van der Waals surface area (Å²) in [6, 6.07) is 0. The molecule has 1 unspecified atom stereocenters. The van der Waals surface area contributed by atoms with Crippen molar-refractivity contribution in [2.24, 2.45) is 11.8 Å². The molecule has 0 aromatic heterocycles. The molecule has 1 aliphatic rings. The predicted molar refractivity (Wildman–Crippen MR) is 52.3 cm³/mol. The van der Waals surface area contributed by atoms with E-state index >= 15 is 0 Å². The molecule has 74 valence electrons. The van der Waals surface area contributed by atoms with Gasteiger partial charge < -0.3 is 10.4 Å². The molecule has 5 heteroatoms. The van der Waals surface area contributed by atoms with Gasteiger partial charge in [0.25, 0.3) is 0 Å². The topological polar surface area (TPSA) is 49.3 Å². The van der Waals surface area contributed by atoms with Gasteiger partial charge in [0, 0.05) is 0 Å². The molecule has 1 aliphatic heterocycles. The van der Waals surface area contributed by atoms with Crippen molar-refractivity contribution >= 4 is 30.8 Å². The first kappa shape index (κ1) is 14.5. The van der Waals surface area contributed by atoms with Crippen LogP contribution in [0, 0.1) is 11.8 Å². The average Bonchev–Trinajstić information content (AvgIpc) is 2.36.